The molecular weight excluding hydrogens is 423 g/mol. The second-order valence-electron chi connectivity index (χ2n) is 6.44. The molecule has 4 aromatic rings. The third-order valence-corrected chi connectivity index (χ3v) is 5.38. The SMILES string of the molecule is O=C(Nc1ccc(F)cc1)c1csc(-c2cccc(OCc3ccc(Cl)cc3)c2)n1. The molecule has 0 saturated heterocycles. The summed E-state index contributed by atoms with van der Waals surface area (Å²) in [4.78, 5) is 16.8. The van der Waals surface area contributed by atoms with Crippen LogP contribution in [0.5, 0.6) is 5.75 Å². The molecule has 7 heteroatoms. The van der Waals surface area contributed by atoms with Crippen molar-refractivity contribution in [2.24, 2.45) is 0 Å². The smallest absolute Gasteiger partial charge is 0.275 e. The molecule has 1 heterocycles. The van der Waals surface area contributed by atoms with E-state index in [0.717, 1.165) is 11.1 Å². The third kappa shape index (κ3) is 5.03. The fourth-order valence-corrected chi connectivity index (χ4v) is 3.63. The van der Waals surface area contributed by atoms with Crippen LogP contribution in [-0.4, -0.2) is 10.9 Å². The van der Waals surface area contributed by atoms with Crippen LogP contribution in [0.2, 0.25) is 5.02 Å². The molecular formula is C23H16ClFN2O2S. The monoisotopic (exact) mass is 438 g/mol. The minimum Gasteiger partial charge on any atom is -0.489 e. The number of nitrogens with one attached hydrogen (secondary N) is 1. The van der Waals surface area contributed by atoms with Gasteiger partial charge in [0, 0.05) is 21.7 Å². The van der Waals surface area contributed by atoms with Gasteiger partial charge in [-0.2, -0.15) is 0 Å². The molecule has 0 fully saturated rings. The van der Waals surface area contributed by atoms with Gasteiger partial charge in [-0.15, -0.1) is 11.3 Å². The van der Waals surface area contributed by atoms with Crippen LogP contribution in [0.25, 0.3) is 10.6 Å². The average molecular weight is 439 g/mol. The molecule has 4 rings (SSSR count). The van der Waals surface area contributed by atoms with Crippen LogP contribution in [0, 0.1) is 5.82 Å². The van der Waals surface area contributed by atoms with Gasteiger partial charge in [0.25, 0.3) is 5.91 Å². The topological polar surface area (TPSA) is 51.2 Å². The van der Waals surface area contributed by atoms with Crippen molar-refractivity contribution in [3.8, 4) is 16.3 Å². The fraction of sp³-hybridized carbons (Fsp3) is 0.0435. The number of aromatic nitrogens is 1. The molecule has 0 aliphatic rings. The van der Waals surface area contributed by atoms with Gasteiger partial charge in [-0.05, 0) is 54.1 Å². The highest BCUT2D eigenvalue weighted by atomic mass is 35.5. The van der Waals surface area contributed by atoms with Gasteiger partial charge in [0.2, 0.25) is 0 Å². The Morgan fingerprint density at radius 3 is 2.60 bits per heavy atom. The van der Waals surface area contributed by atoms with Crippen molar-refractivity contribution in [3.63, 3.8) is 0 Å². The van der Waals surface area contributed by atoms with E-state index < -0.39 is 0 Å². The highest BCUT2D eigenvalue weighted by molar-refractivity contribution is 7.13. The first-order valence-corrected chi connectivity index (χ1v) is 10.3. The lowest BCUT2D eigenvalue weighted by Gasteiger charge is -2.07. The summed E-state index contributed by atoms with van der Waals surface area (Å²) < 4.78 is 18.9. The Kier molecular flexibility index (Phi) is 6.07. The summed E-state index contributed by atoms with van der Waals surface area (Å²) in [5, 5.41) is 5.79. The van der Waals surface area contributed by atoms with E-state index in [0.29, 0.717) is 33.8 Å². The summed E-state index contributed by atoms with van der Waals surface area (Å²) in [7, 11) is 0. The summed E-state index contributed by atoms with van der Waals surface area (Å²) in [6, 6.07) is 20.6. The minimum atomic E-state index is -0.359. The maximum absolute atomic E-state index is 13.0. The number of amides is 1. The lowest BCUT2D eigenvalue weighted by Crippen LogP contribution is -2.12. The quantitative estimate of drug-likeness (QED) is 0.377. The molecule has 1 amide bonds. The second kappa shape index (κ2) is 9.07. The predicted octanol–water partition coefficient (Wildman–Crippen LogP) is 6.43. The first-order chi connectivity index (χ1) is 14.6. The molecule has 150 valence electrons. The van der Waals surface area contributed by atoms with Crippen LogP contribution in [0.1, 0.15) is 16.1 Å². The zero-order valence-corrected chi connectivity index (χ0v) is 17.2. The van der Waals surface area contributed by atoms with Gasteiger partial charge >= 0.3 is 0 Å². The van der Waals surface area contributed by atoms with E-state index >= 15 is 0 Å². The summed E-state index contributed by atoms with van der Waals surface area (Å²) in [5.41, 5.74) is 2.67. The molecule has 0 aliphatic carbocycles. The number of carbonyl (C=O) groups excluding carboxylic acids is 1. The van der Waals surface area contributed by atoms with E-state index in [4.69, 9.17) is 16.3 Å². The number of rotatable bonds is 6. The number of nitrogens with zero attached hydrogens (tertiary/aromatic N) is 1. The van der Waals surface area contributed by atoms with Crippen LogP contribution in [0.4, 0.5) is 10.1 Å². The van der Waals surface area contributed by atoms with Crippen molar-refractivity contribution in [1.82, 2.24) is 4.98 Å². The Hall–Kier alpha value is -3.22. The lowest BCUT2D eigenvalue weighted by molar-refractivity contribution is 0.102. The Morgan fingerprint density at radius 2 is 1.83 bits per heavy atom. The number of hydrogen-bond acceptors (Lipinski definition) is 4. The molecule has 0 bridgehead atoms. The van der Waals surface area contributed by atoms with Gasteiger partial charge in [-0.25, -0.2) is 9.37 Å². The largest absolute Gasteiger partial charge is 0.489 e. The van der Waals surface area contributed by atoms with Crippen molar-refractivity contribution < 1.29 is 13.9 Å². The lowest BCUT2D eigenvalue weighted by atomic mass is 10.2. The zero-order valence-electron chi connectivity index (χ0n) is 15.6. The highest BCUT2D eigenvalue weighted by Crippen LogP contribution is 2.28. The molecule has 0 aliphatic heterocycles. The maximum atomic E-state index is 13.0. The normalized spacial score (nSPS) is 10.6. The van der Waals surface area contributed by atoms with Crippen molar-refractivity contribution in [2.75, 3.05) is 5.32 Å². The molecule has 1 N–H and O–H groups in total. The number of benzene rings is 3. The van der Waals surface area contributed by atoms with Crippen molar-refractivity contribution >= 4 is 34.5 Å². The number of halogens is 2. The Morgan fingerprint density at radius 1 is 1.07 bits per heavy atom. The Labute approximate surface area is 181 Å². The standard InChI is InChI=1S/C23H16ClFN2O2S/c24-17-6-4-15(5-7-17)13-29-20-3-1-2-16(12-20)23-27-21(14-30-23)22(28)26-19-10-8-18(25)9-11-19/h1-12,14H,13H2,(H,26,28). The van der Waals surface area contributed by atoms with Gasteiger partial charge in [-0.3, -0.25) is 4.79 Å². The Bertz CT molecular complexity index is 1160. The molecule has 0 unspecified atom stereocenters. The van der Waals surface area contributed by atoms with E-state index in [-0.39, 0.29) is 11.7 Å². The molecule has 30 heavy (non-hydrogen) atoms. The van der Waals surface area contributed by atoms with Gasteiger partial charge in [-0.1, -0.05) is 35.9 Å². The van der Waals surface area contributed by atoms with Crippen LogP contribution in [-0.2, 0) is 6.61 Å². The van der Waals surface area contributed by atoms with E-state index in [2.05, 4.69) is 10.3 Å². The van der Waals surface area contributed by atoms with Crippen LogP contribution in [0.15, 0.2) is 78.2 Å². The van der Waals surface area contributed by atoms with E-state index in [1.807, 2.05) is 48.5 Å². The Balaban J connectivity index is 1.43. The number of ether oxygens (including phenoxy) is 1. The zero-order chi connectivity index (χ0) is 20.9. The maximum Gasteiger partial charge on any atom is 0.275 e. The summed E-state index contributed by atoms with van der Waals surface area (Å²) >= 11 is 7.27. The molecule has 0 radical (unpaired) electrons. The summed E-state index contributed by atoms with van der Waals surface area (Å²) in [5.74, 6) is -0.00341. The first kappa shape index (κ1) is 20.1. The van der Waals surface area contributed by atoms with E-state index in [9.17, 15) is 9.18 Å². The van der Waals surface area contributed by atoms with Gasteiger partial charge in [0.15, 0.2) is 0 Å². The molecule has 3 aromatic carbocycles. The fourth-order valence-electron chi connectivity index (χ4n) is 2.71. The summed E-state index contributed by atoms with van der Waals surface area (Å²) in [6.45, 7) is 0.420. The van der Waals surface area contributed by atoms with Gasteiger partial charge in [0.05, 0.1) is 0 Å². The molecule has 0 spiro atoms. The van der Waals surface area contributed by atoms with Crippen molar-refractivity contribution in [1.29, 1.82) is 0 Å². The van der Waals surface area contributed by atoms with Crippen LogP contribution < -0.4 is 10.1 Å². The second-order valence-corrected chi connectivity index (χ2v) is 7.74. The molecule has 0 saturated carbocycles. The number of thiazole rings is 1. The average Bonchev–Trinajstić information content (AvgIpc) is 3.26. The number of carbonyl (C=O) groups is 1. The van der Waals surface area contributed by atoms with E-state index in [1.165, 1.54) is 35.6 Å². The van der Waals surface area contributed by atoms with Gasteiger partial charge < -0.3 is 10.1 Å². The molecule has 1 aromatic heterocycles. The first-order valence-electron chi connectivity index (χ1n) is 9.07. The number of hydrogen-bond donors (Lipinski definition) is 1. The predicted molar refractivity (Wildman–Crippen MR) is 118 cm³/mol. The minimum absolute atomic E-state index is 0.298. The highest BCUT2D eigenvalue weighted by Gasteiger charge is 2.13. The third-order valence-electron chi connectivity index (χ3n) is 4.24. The van der Waals surface area contributed by atoms with Crippen LogP contribution >= 0.6 is 22.9 Å². The van der Waals surface area contributed by atoms with Crippen molar-refractivity contribution in [2.45, 2.75) is 6.61 Å². The number of anilines is 1. The molecule has 0 atom stereocenters. The van der Waals surface area contributed by atoms with E-state index in [1.54, 1.807) is 5.38 Å². The van der Waals surface area contributed by atoms with Crippen LogP contribution in [0.3, 0.4) is 0 Å². The van der Waals surface area contributed by atoms with Crippen molar-refractivity contribution in [3.05, 3.63) is 100 Å². The molecule has 4 nitrogen and oxygen atoms in total. The summed E-state index contributed by atoms with van der Waals surface area (Å²) in [6.07, 6.45) is 0. The van der Waals surface area contributed by atoms with Gasteiger partial charge in [0.1, 0.15) is 28.9 Å².